The molecule has 0 saturated heterocycles. The number of phenols is 1. The van der Waals surface area contributed by atoms with Crippen LogP contribution in [0.3, 0.4) is 0 Å². The number of aromatic nitrogens is 1. The molecule has 0 atom stereocenters. The molecule has 1 amide bonds. The van der Waals surface area contributed by atoms with Crippen LogP contribution in [0.15, 0.2) is 23.6 Å². The number of anilines is 1. The van der Waals surface area contributed by atoms with Crippen LogP contribution >= 0.6 is 11.5 Å². The summed E-state index contributed by atoms with van der Waals surface area (Å²) in [5.41, 5.74) is 1.90. The Bertz CT molecular complexity index is 527. The second-order valence-corrected chi connectivity index (χ2v) is 4.46. The van der Waals surface area contributed by atoms with E-state index < -0.39 is 0 Å². The fourth-order valence-corrected chi connectivity index (χ4v) is 2.02. The van der Waals surface area contributed by atoms with Crippen molar-refractivity contribution in [1.82, 2.24) is 4.37 Å². The minimum absolute atomic E-state index is 0.220. The molecular formula is C12H12N2O2S. The van der Waals surface area contributed by atoms with Gasteiger partial charge in [0.2, 0.25) is 0 Å². The Morgan fingerprint density at radius 2 is 2.00 bits per heavy atom. The number of phenolic OH excluding ortho intramolecular Hbond substituents is 1. The molecule has 2 N–H and O–H groups in total. The number of rotatable bonds is 2. The van der Waals surface area contributed by atoms with Gasteiger partial charge in [-0.1, -0.05) is 0 Å². The smallest absolute Gasteiger partial charge is 0.256 e. The van der Waals surface area contributed by atoms with E-state index in [0.717, 1.165) is 0 Å². The summed E-state index contributed by atoms with van der Waals surface area (Å²) in [6.45, 7) is 3.53. The van der Waals surface area contributed by atoms with Gasteiger partial charge in [-0.25, -0.2) is 0 Å². The summed E-state index contributed by atoms with van der Waals surface area (Å²) < 4.78 is 4.00. The zero-order chi connectivity index (χ0) is 12.4. The van der Waals surface area contributed by atoms with Crippen LogP contribution in [0.1, 0.15) is 21.5 Å². The van der Waals surface area contributed by atoms with Gasteiger partial charge in [0, 0.05) is 10.9 Å². The monoisotopic (exact) mass is 248 g/mol. The van der Waals surface area contributed by atoms with E-state index in [4.69, 9.17) is 0 Å². The van der Waals surface area contributed by atoms with Gasteiger partial charge in [-0.05, 0) is 54.7 Å². The molecule has 0 spiro atoms. The third kappa shape index (κ3) is 2.45. The molecule has 5 heteroatoms. The molecule has 0 radical (unpaired) electrons. The Labute approximate surface area is 103 Å². The van der Waals surface area contributed by atoms with Crippen molar-refractivity contribution in [2.75, 3.05) is 5.32 Å². The Morgan fingerprint density at radius 1 is 1.35 bits per heavy atom. The van der Waals surface area contributed by atoms with Crippen LogP contribution in [-0.2, 0) is 0 Å². The molecule has 17 heavy (non-hydrogen) atoms. The SMILES string of the molecule is Cc1cc(C(=O)Nc2ccsn2)cc(C)c1O. The van der Waals surface area contributed by atoms with Gasteiger partial charge in [-0.3, -0.25) is 4.79 Å². The minimum Gasteiger partial charge on any atom is -0.507 e. The quantitative estimate of drug-likeness (QED) is 0.859. The number of benzene rings is 1. The van der Waals surface area contributed by atoms with Crippen LogP contribution in [0, 0.1) is 13.8 Å². The van der Waals surface area contributed by atoms with Crippen LogP contribution in [0.5, 0.6) is 5.75 Å². The molecule has 1 heterocycles. The van der Waals surface area contributed by atoms with E-state index in [1.54, 1.807) is 37.4 Å². The van der Waals surface area contributed by atoms with Crippen molar-refractivity contribution in [3.63, 3.8) is 0 Å². The average molecular weight is 248 g/mol. The predicted octanol–water partition coefficient (Wildman–Crippen LogP) is 2.72. The fourth-order valence-electron chi connectivity index (χ4n) is 1.55. The third-order valence-corrected chi connectivity index (χ3v) is 2.99. The van der Waals surface area contributed by atoms with Crippen LogP contribution in [0.2, 0.25) is 0 Å². The van der Waals surface area contributed by atoms with Crippen molar-refractivity contribution in [2.45, 2.75) is 13.8 Å². The Kier molecular flexibility index (Phi) is 3.10. The van der Waals surface area contributed by atoms with Gasteiger partial charge in [0.15, 0.2) is 0 Å². The standard InChI is InChI=1S/C12H12N2O2S/c1-7-5-9(6-8(2)11(7)15)12(16)13-10-3-4-17-14-10/h3-6,15H,1-2H3,(H,13,14,16). The highest BCUT2D eigenvalue weighted by atomic mass is 32.1. The van der Waals surface area contributed by atoms with E-state index in [9.17, 15) is 9.90 Å². The Hall–Kier alpha value is -1.88. The lowest BCUT2D eigenvalue weighted by molar-refractivity contribution is 0.102. The lowest BCUT2D eigenvalue weighted by atomic mass is 10.1. The van der Waals surface area contributed by atoms with Gasteiger partial charge >= 0.3 is 0 Å². The van der Waals surface area contributed by atoms with E-state index >= 15 is 0 Å². The van der Waals surface area contributed by atoms with Crippen molar-refractivity contribution in [3.8, 4) is 5.75 Å². The fraction of sp³-hybridized carbons (Fsp3) is 0.167. The number of nitrogens with one attached hydrogen (secondary N) is 1. The molecule has 2 aromatic rings. The first-order chi connectivity index (χ1) is 8.08. The Balaban J connectivity index is 2.26. The first-order valence-corrected chi connectivity index (χ1v) is 5.93. The molecule has 0 aliphatic carbocycles. The van der Waals surface area contributed by atoms with Gasteiger partial charge in [-0.2, -0.15) is 4.37 Å². The van der Waals surface area contributed by atoms with E-state index in [1.807, 2.05) is 0 Å². The average Bonchev–Trinajstić information content (AvgIpc) is 2.77. The summed E-state index contributed by atoms with van der Waals surface area (Å²) in [5.74, 6) is 0.556. The number of aromatic hydroxyl groups is 1. The van der Waals surface area contributed by atoms with Crippen molar-refractivity contribution >= 4 is 23.3 Å². The van der Waals surface area contributed by atoms with Crippen LogP contribution < -0.4 is 5.32 Å². The Morgan fingerprint density at radius 3 is 2.53 bits per heavy atom. The number of aryl methyl sites for hydroxylation is 2. The van der Waals surface area contributed by atoms with E-state index in [-0.39, 0.29) is 11.7 Å². The summed E-state index contributed by atoms with van der Waals surface area (Å²) in [6.07, 6.45) is 0. The molecule has 88 valence electrons. The maximum Gasteiger partial charge on any atom is 0.256 e. The van der Waals surface area contributed by atoms with Crippen LogP contribution in [-0.4, -0.2) is 15.4 Å². The summed E-state index contributed by atoms with van der Waals surface area (Å²) >= 11 is 1.28. The zero-order valence-corrected chi connectivity index (χ0v) is 10.3. The minimum atomic E-state index is -0.220. The number of nitrogens with zero attached hydrogens (tertiary/aromatic N) is 1. The lowest BCUT2D eigenvalue weighted by Crippen LogP contribution is -2.12. The summed E-state index contributed by atoms with van der Waals surface area (Å²) in [4.78, 5) is 11.9. The summed E-state index contributed by atoms with van der Waals surface area (Å²) in [6, 6.07) is 5.05. The van der Waals surface area contributed by atoms with Crippen LogP contribution in [0.25, 0.3) is 0 Å². The highest BCUT2D eigenvalue weighted by Gasteiger charge is 2.10. The van der Waals surface area contributed by atoms with E-state index in [2.05, 4.69) is 9.69 Å². The molecule has 0 aliphatic rings. The van der Waals surface area contributed by atoms with Gasteiger partial charge in [0.25, 0.3) is 5.91 Å². The highest BCUT2D eigenvalue weighted by molar-refractivity contribution is 7.03. The molecule has 0 fully saturated rings. The van der Waals surface area contributed by atoms with Crippen LogP contribution in [0.4, 0.5) is 5.82 Å². The molecule has 1 aromatic heterocycles. The number of hydrogen-bond donors (Lipinski definition) is 2. The molecule has 0 unspecified atom stereocenters. The maximum atomic E-state index is 11.9. The first kappa shape index (κ1) is 11.6. The van der Waals surface area contributed by atoms with Crippen molar-refractivity contribution in [1.29, 1.82) is 0 Å². The normalized spacial score (nSPS) is 10.2. The number of carbonyl (C=O) groups excluding carboxylic acids is 1. The first-order valence-electron chi connectivity index (χ1n) is 5.10. The second kappa shape index (κ2) is 4.55. The molecule has 0 bridgehead atoms. The van der Waals surface area contributed by atoms with Crippen molar-refractivity contribution < 1.29 is 9.90 Å². The van der Waals surface area contributed by atoms with Crippen molar-refractivity contribution in [2.24, 2.45) is 0 Å². The predicted molar refractivity (Wildman–Crippen MR) is 67.6 cm³/mol. The van der Waals surface area contributed by atoms with Crippen molar-refractivity contribution in [3.05, 3.63) is 40.3 Å². The molecular weight excluding hydrogens is 236 g/mol. The largest absolute Gasteiger partial charge is 0.507 e. The molecule has 0 aliphatic heterocycles. The summed E-state index contributed by atoms with van der Waals surface area (Å²) in [5, 5.41) is 14.1. The van der Waals surface area contributed by atoms with Gasteiger partial charge in [-0.15, -0.1) is 0 Å². The summed E-state index contributed by atoms with van der Waals surface area (Å²) in [7, 11) is 0. The lowest BCUT2D eigenvalue weighted by Gasteiger charge is -2.07. The zero-order valence-electron chi connectivity index (χ0n) is 9.52. The number of hydrogen-bond acceptors (Lipinski definition) is 4. The van der Waals surface area contributed by atoms with E-state index in [0.29, 0.717) is 22.5 Å². The molecule has 0 saturated carbocycles. The molecule has 4 nitrogen and oxygen atoms in total. The number of amides is 1. The van der Waals surface area contributed by atoms with E-state index in [1.165, 1.54) is 11.5 Å². The van der Waals surface area contributed by atoms with Gasteiger partial charge < -0.3 is 10.4 Å². The van der Waals surface area contributed by atoms with Gasteiger partial charge in [0.1, 0.15) is 11.6 Å². The van der Waals surface area contributed by atoms with Gasteiger partial charge in [0.05, 0.1) is 0 Å². The number of carbonyl (C=O) groups is 1. The molecule has 1 aromatic carbocycles. The second-order valence-electron chi connectivity index (χ2n) is 3.80. The third-order valence-electron chi connectivity index (χ3n) is 2.43. The topological polar surface area (TPSA) is 62.2 Å². The highest BCUT2D eigenvalue weighted by Crippen LogP contribution is 2.23. The molecule has 2 rings (SSSR count). The maximum absolute atomic E-state index is 11.9.